The number of rotatable bonds is 50. The van der Waals surface area contributed by atoms with Crippen molar-refractivity contribution in [1.29, 1.82) is 0 Å². The lowest BCUT2D eigenvalue weighted by Crippen LogP contribution is -2.30. The van der Waals surface area contributed by atoms with Gasteiger partial charge in [-0.05, 0) is 77.0 Å². The van der Waals surface area contributed by atoms with Crippen molar-refractivity contribution in [3.05, 3.63) is 48.6 Å². The minimum atomic E-state index is -0.541. The highest BCUT2D eigenvalue weighted by molar-refractivity contribution is 5.70. The summed E-state index contributed by atoms with van der Waals surface area (Å²) in [5.74, 6) is -0.405. The van der Waals surface area contributed by atoms with Crippen LogP contribution < -0.4 is 0 Å². The lowest BCUT2D eigenvalue weighted by molar-refractivity contribution is -0.163. The smallest absolute Gasteiger partial charge is 0.306 e. The van der Waals surface area contributed by atoms with E-state index < -0.39 is 6.10 Å². The first-order chi connectivity index (χ1) is 30.6. The third kappa shape index (κ3) is 50.5. The molecule has 0 bridgehead atoms. The molecule has 0 heterocycles. The largest absolute Gasteiger partial charge is 0.462 e. The van der Waals surface area contributed by atoms with Crippen molar-refractivity contribution < 1.29 is 23.8 Å². The standard InChI is InChI=1S/C57H104O5/c1-4-7-10-13-16-19-22-25-28-29-31-32-35-38-41-44-47-50-56(58)61-54-55(53-60-52-49-46-43-40-37-34-27-24-21-18-15-12-9-6-3)62-57(59)51-48-45-42-39-36-33-30-26-23-20-17-14-11-8-5-2/h7,10,16,19,25-26,28,30,55H,4-6,8-9,11-15,17-18,20-24,27,29,31-54H2,1-3H3/b10-7-,19-16-,28-25-,30-26-. The molecule has 1 atom stereocenters. The van der Waals surface area contributed by atoms with E-state index >= 15 is 0 Å². The van der Waals surface area contributed by atoms with E-state index in [2.05, 4.69) is 69.4 Å². The molecule has 0 rings (SSSR count). The van der Waals surface area contributed by atoms with Crippen molar-refractivity contribution in [3.63, 3.8) is 0 Å². The average molecular weight is 869 g/mol. The predicted octanol–water partition coefficient (Wildman–Crippen LogP) is 18.3. The first-order valence-electron chi connectivity index (χ1n) is 27.2. The molecule has 0 aliphatic carbocycles. The minimum absolute atomic E-state index is 0.0801. The van der Waals surface area contributed by atoms with Gasteiger partial charge in [0.1, 0.15) is 6.61 Å². The molecule has 62 heavy (non-hydrogen) atoms. The Morgan fingerprint density at radius 1 is 0.371 bits per heavy atom. The van der Waals surface area contributed by atoms with Crippen LogP contribution in [0, 0.1) is 0 Å². The fraction of sp³-hybridized carbons (Fsp3) is 0.825. The van der Waals surface area contributed by atoms with Gasteiger partial charge in [-0.2, -0.15) is 0 Å². The Labute approximate surface area is 386 Å². The minimum Gasteiger partial charge on any atom is -0.462 e. The highest BCUT2D eigenvalue weighted by Gasteiger charge is 2.17. The van der Waals surface area contributed by atoms with Gasteiger partial charge in [-0.3, -0.25) is 9.59 Å². The Morgan fingerprint density at radius 2 is 0.726 bits per heavy atom. The molecular formula is C57H104O5. The monoisotopic (exact) mass is 869 g/mol. The third-order valence-electron chi connectivity index (χ3n) is 11.8. The topological polar surface area (TPSA) is 61.8 Å². The molecular weight excluding hydrogens is 765 g/mol. The molecule has 0 amide bonds. The summed E-state index contributed by atoms with van der Waals surface area (Å²) in [5.41, 5.74) is 0. The molecule has 0 saturated heterocycles. The van der Waals surface area contributed by atoms with Crippen LogP contribution in [0.15, 0.2) is 48.6 Å². The fourth-order valence-corrected chi connectivity index (χ4v) is 7.81. The van der Waals surface area contributed by atoms with Gasteiger partial charge in [-0.15, -0.1) is 0 Å². The van der Waals surface area contributed by atoms with Gasteiger partial charge in [-0.1, -0.05) is 236 Å². The Kier molecular flexibility index (Phi) is 51.4. The quantitative estimate of drug-likeness (QED) is 0.0346. The molecule has 362 valence electrons. The number of hydrogen-bond donors (Lipinski definition) is 0. The second-order valence-electron chi connectivity index (χ2n) is 18.1. The third-order valence-corrected chi connectivity index (χ3v) is 11.8. The van der Waals surface area contributed by atoms with Gasteiger partial charge in [0.25, 0.3) is 0 Å². The summed E-state index contributed by atoms with van der Waals surface area (Å²) in [4.78, 5) is 25.4. The van der Waals surface area contributed by atoms with Gasteiger partial charge in [0.05, 0.1) is 6.61 Å². The Hall–Kier alpha value is -2.14. The van der Waals surface area contributed by atoms with E-state index in [1.807, 2.05) is 0 Å². The van der Waals surface area contributed by atoms with Crippen molar-refractivity contribution in [1.82, 2.24) is 0 Å². The number of unbranched alkanes of at least 4 members (excludes halogenated alkanes) is 31. The summed E-state index contributed by atoms with van der Waals surface area (Å²) < 4.78 is 17.4. The molecule has 0 N–H and O–H groups in total. The van der Waals surface area contributed by atoms with Gasteiger partial charge in [-0.25, -0.2) is 0 Å². The zero-order valence-corrected chi connectivity index (χ0v) is 41.6. The van der Waals surface area contributed by atoms with Crippen LogP contribution in [-0.2, 0) is 23.8 Å². The summed E-state index contributed by atoms with van der Waals surface area (Å²) in [7, 11) is 0. The Morgan fingerprint density at radius 3 is 1.18 bits per heavy atom. The SMILES string of the molecule is CC/C=C\C/C=C\C/C=C\CCCCCCCCCC(=O)OCC(COCCCCCCCCCCCCCCCC)OC(=O)CCCCCCC/C=C\CCCCCCCC. The van der Waals surface area contributed by atoms with Gasteiger partial charge in [0.2, 0.25) is 0 Å². The number of allylic oxidation sites excluding steroid dienone is 8. The van der Waals surface area contributed by atoms with Crippen LogP contribution in [-0.4, -0.2) is 37.9 Å². The first-order valence-corrected chi connectivity index (χ1v) is 27.2. The highest BCUT2D eigenvalue weighted by Crippen LogP contribution is 2.15. The van der Waals surface area contributed by atoms with Crippen LogP contribution in [0.4, 0.5) is 0 Å². The average Bonchev–Trinajstić information content (AvgIpc) is 3.27. The van der Waals surface area contributed by atoms with E-state index in [1.54, 1.807) is 0 Å². The van der Waals surface area contributed by atoms with Crippen LogP contribution in [0.1, 0.15) is 278 Å². The van der Waals surface area contributed by atoms with Gasteiger partial charge in [0.15, 0.2) is 6.10 Å². The van der Waals surface area contributed by atoms with Crippen molar-refractivity contribution in [2.75, 3.05) is 19.8 Å². The molecule has 1 unspecified atom stereocenters. The van der Waals surface area contributed by atoms with Crippen molar-refractivity contribution in [2.24, 2.45) is 0 Å². The van der Waals surface area contributed by atoms with E-state index in [1.165, 1.54) is 167 Å². The van der Waals surface area contributed by atoms with Gasteiger partial charge in [0, 0.05) is 19.4 Å². The first kappa shape index (κ1) is 59.9. The molecule has 0 aromatic heterocycles. The molecule has 0 saturated carbocycles. The Balaban J connectivity index is 4.26. The zero-order chi connectivity index (χ0) is 44.9. The lowest BCUT2D eigenvalue weighted by atomic mass is 10.0. The van der Waals surface area contributed by atoms with E-state index in [9.17, 15) is 9.59 Å². The summed E-state index contributed by atoms with van der Waals surface area (Å²) >= 11 is 0. The Bertz CT molecular complexity index is 1030. The lowest BCUT2D eigenvalue weighted by Gasteiger charge is -2.18. The molecule has 0 aliphatic heterocycles. The van der Waals surface area contributed by atoms with Crippen molar-refractivity contribution in [3.8, 4) is 0 Å². The van der Waals surface area contributed by atoms with Crippen molar-refractivity contribution >= 4 is 11.9 Å². The number of carbonyl (C=O) groups excluding carboxylic acids is 2. The summed E-state index contributed by atoms with van der Waals surface area (Å²) in [6.45, 7) is 7.74. The predicted molar refractivity (Wildman–Crippen MR) is 270 cm³/mol. The normalized spacial score (nSPS) is 12.5. The van der Waals surface area contributed by atoms with Crippen LogP contribution in [0.2, 0.25) is 0 Å². The van der Waals surface area contributed by atoms with Crippen LogP contribution in [0.5, 0.6) is 0 Å². The fourth-order valence-electron chi connectivity index (χ4n) is 7.81. The highest BCUT2D eigenvalue weighted by atomic mass is 16.6. The number of carbonyl (C=O) groups is 2. The maximum atomic E-state index is 12.8. The number of hydrogen-bond acceptors (Lipinski definition) is 5. The summed E-state index contributed by atoms with van der Waals surface area (Å²) in [6, 6.07) is 0. The van der Waals surface area contributed by atoms with Gasteiger partial charge < -0.3 is 14.2 Å². The van der Waals surface area contributed by atoms with Crippen LogP contribution >= 0.6 is 0 Å². The second-order valence-corrected chi connectivity index (χ2v) is 18.1. The summed E-state index contributed by atoms with van der Waals surface area (Å²) in [5, 5.41) is 0. The maximum Gasteiger partial charge on any atom is 0.306 e. The van der Waals surface area contributed by atoms with Crippen LogP contribution in [0.3, 0.4) is 0 Å². The number of ether oxygens (including phenoxy) is 3. The van der Waals surface area contributed by atoms with Crippen molar-refractivity contribution in [2.45, 2.75) is 284 Å². The molecule has 0 spiro atoms. The molecule has 5 heteroatoms. The molecule has 0 aliphatic rings. The van der Waals surface area contributed by atoms with Gasteiger partial charge >= 0.3 is 11.9 Å². The van der Waals surface area contributed by atoms with Crippen LogP contribution in [0.25, 0.3) is 0 Å². The summed E-state index contributed by atoms with van der Waals surface area (Å²) in [6.07, 6.45) is 65.5. The molecule has 5 nitrogen and oxygen atoms in total. The van der Waals surface area contributed by atoms with E-state index in [0.717, 1.165) is 77.0 Å². The molecule has 0 aromatic carbocycles. The van der Waals surface area contributed by atoms with E-state index in [-0.39, 0.29) is 25.2 Å². The van der Waals surface area contributed by atoms with E-state index in [0.29, 0.717) is 19.4 Å². The zero-order valence-electron chi connectivity index (χ0n) is 41.6. The molecule has 0 aromatic rings. The second kappa shape index (κ2) is 53.2. The number of esters is 2. The van der Waals surface area contributed by atoms with E-state index in [4.69, 9.17) is 14.2 Å². The molecule has 0 radical (unpaired) electrons. The maximum absolute atomic E-state index is 12.8. The molecule has 0 fully saturated rings.